The molecule has 1 N–H and O–H groups in total. The summed E-state index contributed by atoms with van der Waals surface area (Å²) in [6.45, 7) is 5.94. The number of nitrogens with zero attached hydrogens (tertiary/aromatic N) is 3. The fourth-order valence-corrected chi connectivity index (χ4v) is 3.91. The van der Waals surface area contributed by atoms with Gasteiger partial charge in [-0.1, -0.05) is 29.0 Å². The van der Waals surface area contributed by atoms with E-state index in [0.29, 0.717) is 15.7 Å². The Morgan fingerprint density at radius 3 is 2.74 bits per heavy atom. The molecule has 0 saturated heterocycles. The summed E-state index contributed by atoms with van der Waals surface area (Å²) in [6.07, 6.45) is 1.57. The number of rotatable bonds is 3. The van der Waals surface area contributed by atoms with Crippen molar-refractivity contribution in [3.05, 3.63) is 74.2 Å². The number of aromatic amines is 1. The largest absolute Gasteiger partial charge is 0.295 e. The minimum absolute atomic E-state index is 0.136. The SMILES string of the molecule is Cc1ccc(-n2[nH]c(C)c(/C=N/c3nc4ccc(Cl)cc4s3)c2=O)cc1C. The molecule has 0 radical (unpaired) electrons. The molecule has 4 rings (SSSR count). The summed E-state index contributed by atoms with van der Waals surface area (Å²) in [5.74, 6) is 0. The van der Waals surface area contributed by atoms with E-state index in [2.05, 4.69) is 15.1 Å². The van der Waals surface area contributed by atoms with Crippen LogP contribution in [0.15, 0.2) is 46.2 Å². The molecule has 2 aromatic carbocycles. The Bertz CT molecular complexity index is 1250. The Hall–Kier alpha value is -2.70. The molecule has 0 aliphatic carbocycles. The van der Waals surface area contributed by atoms with Gasteiger partial charge in [0.2, 0.25) is 5.13 Å². The van der Waals surface area contributed by atoms with E-state index < -0.39 is 0 Å². The third-order valence-electron chi connectivity index (χ3n) is 4.51. The van der Waals surface area contributed by atoms with E-state index in [1.807, 2.05) is 51.1 Å². The normalized spacial score (nSPS) is 11.7. The average Bonchev–Trinajstić information content (AvgIpc) is 3.15. The predicted molar refractivity (Wildman–Crippen MR) is 112 cm³/mol. The Labute approximate surface area is 165 Å². The molecule has 0 saturated carbocycles. The van der Waals surface area contributed by atoms with Gasteiger partial charge < -0.3 is 0 Å². The van der Waals surface area contributed by atoms with Gasteiger partial charge in [-0.25, -0.2) is 14.7 Å². The molecule has 0 amide bonds. The molecule has 2 aromatic heterocycles. The van der Waals surface area contributed by atoms with E-state index in [0.717, 1.165) is 27.2 Å². The highest BCUT2D eigenvalue weighted by Crippen LogP contribution is 2.29. The number of benzene rings is 2. The van der Waals surface area contributed by atoms with Crippen molar-refractivity contribution in [2.45, 2.75) is 20.8 Å². The van der Waals surface area contributed by atoms with E-state index >= 15 is 0 Å². The number of hydrogen-bond acceptors (Lipinski definition) is 4. The van der Waals surface area contributed by atoms with Gasteiger partial charge in [0, 0.05) is 16.9 Å². The summed E-state index contributed by atoms with van der Waals surface area (Å²) >= 11 is 7.45. The molecule has 0 aliphatic heterocycles. The van der Waals surface area contributed by atoms with Crippen LogP contribution >= 0.6 is 22.9 Å². The van der Waals surface area contributed by atoms with Gasteiger partial charge in [-0.2, -0.15) is 0 Å². The van der Waals surface area contributed by atoms with Crippen molar-refractivity contribution >= 4 is 44.5 Å². The van der Waals surface area contributed by atoms with Crippen molar-refractivity contribution in [1.82, 2.24) is 14.8 Å². The van der Waals surface area contributed by atoms with Crippen molar-refractivity contribution in [2.75, 3.05) is 0 Å². The Morgan fingerprint density at radius 2 is 1.96 bits per heavy atom. The van der Waals surface area contributed by atoms with Crippen LogP contribution in [0.5, 0.6) is 0 Å². The Kier molecular flexibility index (Phi) is 4.45. The van der Waals surface area contributed by atoms with Gasteiger partial charge in [-0.05, 0) is 62.2 Å². The summed E-state index contributed by atoms with van der Waals surface area (Å²) in [6, 6.07) is 11.5. The van der Waals surface area contributed by atoms with Crippen LogP contribution in [-0.4, -0.2) is 21.0 Å². The quantitative estimate of drug-likeness (QED) is 0.489. The number of thiazole rings is 1. The molecule has 0 spiro atoms. The van der Waals surface area contributed by atoms with E-state index in [1.54, 1.807) is 17.0 Å². The lowest BCUT2D eigenvalue weighted by Crippen LogP contribution is -2.17. The minimum Gasteiger partial charge on any atom is -0.295 e. The second-order valence-electron chi connectivity index (χ2n) is 6.43. The first-order valence-corrected chi connectivity index (χ1v) is 9.61. The molecule has 0 aliphatic rings. The molecular weight excluding hydrogens is 380 g/mol. The molecule has 4 aromatic rings. The minimum atomic E-state index is -0.136. The van der Waals surface area contributed by atoms with Crippen LogP contribution < -0.4 is 5.56 Å². The van der Waals surface area contributed by atoms with E-state index in [4.69, 9.17) is 11.6 Å². The molecule has 2 heterocycles. The van der Waals surface area contributed by atoms with Gasteiger partial charge >= 0.3 is 0 Å². The number of aliphatic imine (C=N–C) groups is 1. The zero-order valence-electron chi connectivity index (χ0n) is 15.1. The second-order valence-corrected chi connectivity index (χ2v) is 7.87. The van der Waals surface area contributed by atoms with E-state index in [9.17, 15) is 4.79 Å². The van der Waals surface area contributed by atoms with Crippen molar-refractivity contribution < 1.29 is 0 Å². The maximum absolute atomic E-state index is 12.8. The van der Waals surface area contributed by atoms with Crippen LogP contribution in [0.25, 0.3) is 15.9 Å². The number of nitrogens with one attached hydrogen (secondary N) is 1. The molecule has 0 atom stereocenters. The van der Waals surface area contributed by atoms with Crippen molar-refractivity contribution in [2.24, 2.45) is 4.99 Å². The smallest absolute Gasteiger partial charge is 0.280 e. The summed E-state index contributed by atoms with van der Waals surface area (Å²) in [5.41, 5.74) is 5.11. The van der Waals surface area contributed by atoms with Gasteiger partial charge in [0.15, 0.2) is 0 Å². The first kappa shape index (κ1) is 17.7. The van der Waals surface area contributed by atoms with Crippen LogP contribution in [0.2, 0.25) is 5.02 Å². The molecule has 0 bridgehead atoms. The highest BCUT2D eigenvalue weighted by molar-refractivity contribution is 7.22. The second kappa shape index (κ2) is 6.79. The topological polar surface area (TPSA) is 63.0 Å². The number of hydrogen-bond donors (Lipinski definition) is 1. The van der Waals surface area contributed by atoms with Gasteiger partial charge in [0.1, 0.15) is 0 Å². The molecule has 27 heavy (non-hydrogen) atoms. The van der Waals surface area contributed by atoms with Crippen LogP contribution in [-0.2, 0) is 0 Å². The highest BCUT2D eigenvalue weighted by Gasteiger charge is 2.12. The van der Waals surface area contributed by atoms with Gasteiger partial charge in [0.25, 0.3) is 5.56 Å². The number of halogens is 1. The number of aryl methyl sites for hydroxylation is 3. The monoisotopic (exact) mass is 396 g/mol. The maximum Gasteiger partial charge on any atom is 0.280 e. The van der Waals surface area contributed by atoms with Crippen LogP contribution in [0, 0.1) is 20.8 Å². The summed E-state index contributed by atoms with van der Waals surface area (Å²) in [7, 11) is 0. The molecule has 136 valence electrons. The van der Waals surface area contributed by atoms with Crippen molar-refractivity contribution in [1.29, 1.82) is 0 Å². The number of H-pyrrole nitrogens is 1. The standard InChI is InChI=1S/C20H17ClN4OS/c1-11-4-6-15(8-12(11)2)25-19(26)16(13(3)24-25)10-22-20-23-17-7-5-14(21)9-18(17)27-20/h4-10,24H,1-3H3/b22-10+. The third kappa shape index (κ3) is 3.34. The summed E-state index contributed by atoms with van der Waals surface area (Å²) in [4.78, 5) is 21.7. The lowest BCUT2D eigenvalue weighted by molar-refractivity contribution is 0.833. The fourth-order valence-electron chi connectivity index (χ4n) is 2.82. The lowest BCUT2D eigenvalue weighted by Gasteiger charge is -2.05. The van der Waals surface area contributed by atoms with E-state index in [-0.39, 0.29) is 5.56 Å². The third-order valence-corrected chi connectivity index (χ3v) is 5.67. The lowest BCUT2D eigenvalue weighted by atomic mass is 10.1. The van der Waals surface area contributed by atoms with Crippen LogP contribution in [0.1, 0.15) is 22.4 Å². The zero-order valence-corrected chi connectivity index (χ0v) is 16.6. The van der Waals surface area contributed by atoms with Crippen LogP contribution in [0.4, 0.5) is 5.13 Å². The van der Waals surface area contributed by atoms with E-state index in [1.165, 1.54) is 16.9 Å². The number of fused-ring (bicyclic) bond motifs is 1. The molecule has 5 nitrogen and oxygen atoms in total. The molecule has 7 heteroatoms. The highest BCUT2D eigenvalue weighted by atomic mass is 35.5. The Morgan fingerprint density at radius 1 is 1.15 bits per heavy atom. The van der Waals surface area contributed by atoms with Gasteiger partial charge in [-0.3, -0.25) is 9.89 Å². The first-order valence-electron chi connectivity index (χ1n) is 8.42. The van der Waals surface area contributed by atoms with Crippen molar-refractivity contribution in [3.63, 3.8) is 0 Å². The Balaban J connectivity index is 1.71. The van der Waals surface area contributed by atoms with Gasteiger partial charge in [-0.15, -0.1) is 0 Å². The summed E-state index contributed by atoms with van der Waals surface area (Å²) < 4.78 is 2.51. The first-order chi connectivity index (χ1) is 12.9. The average molecular weight is 397 g/mol. The maximum atomic E-state index is 12.8. The summed E-state index contributed by atoms with van der Waals surface area (Å²) in [5, 5.41) is 4.38. The van der Waals surface area contributed by atoms with Crippen molar-refractivity contribution in [3.8, 4) is 5.69 Å². The fraction of sp³-hybridized carbons (Fsp3) is 0.150. The van der Waals surface area contributed by atoms with Gasteiger partial charge in [0.05, 0.1) is 21.5 Å². The van der Waals surface area contributed by atoms with Crippen LogP contribution in [0.3, 0.4) is 0 Å². The predicted octanol–water partition coefficient (Wildman–Crippen LogP) is 5.10. The molecular formula is C20H17ClN4OS. The molecule has 0 fully saturated rings. The zero-order chi connectivity index (χ0) is 19.1. The number of aromatic nitrogens is 3. The molecule has 0 unspecified atom stereocenters.